The summed E-state index contributed by atoms with van der Waals surface area (Å²) < 4.78 is 0. The molecule has 2 unspecified atom stereocenters. The first-order chi connectivity index (χ1) is 11.4. The highest BCUT2D eigenvalue weighted by atomic mass is 35.5. The Morgan fingerprint density at radius 2 is 1.92 bits per heavy atom. The van der Waals surface area contributed by atoms with Gasteiger partial charge in [-0.3, -0.25) is 4.79 Å². The second-order valence-corrected chi connectivity index (χ2v) is 6.41. The van der Waals surface area contributed by atoms with Gasteiger partial charge in [0.05, 0.1) is 5.02 Å². The third-order valence-electron chi connectivity index (χ3n) is 3.78. The molecule has 122 valence electrons. The topological polar surface area (TPSA) is 62.0 Å². The highest BCUT2D eigenvalue weighted by molar-refractivity contribution is 6.65. The molecule has 2 atom stereocenters. The number of azo groups is 1. The SMILES string of the molecule is O=C(Cl)C1(N=Nc2cc(Cl)ccc2Cl)c2ccccc2C=CC1O. The minimum Gasteiger partial charge on any atom is -0.385 e. The summed E-state index contributed by atoms with van der Waals surface area (Å²) in [7, 11) is 0. The standard InChI is InChI=1S/C17H11Cl3N2O2/c18-11-6-7-13(19)14(9-11)21-22-17(16(20)24)12-4-2-1-3-10(12)5-8-15(17)23/h1-9,15,23H. The van der Waals surface area contributed by atoms with Crippen LogP contribution in [0.5, 0.6) is 0 Å². The Morgan fingerprint density at radius 3 is 2.67 bits per heavy atom. The fourth-order valence-electron chi connectivity index (χ4n) is 2.55. The van der Waals surface area contributed by atoms with Crippen LogP contribution in [0.1, 0.15) is 11.1 Å². The molecule has 1 N–H and O–H groups in total. The average molecular weight is 382 g/mol. The second-order valence-electron chi connectivity index (χ2n) is 5.23. The lowest BCUT2D eigenvalue weighted by atomic mass is 9.79. The van der Waals surface area contributed by atoms with Crippen LogP contribution < -0.4 is 0 Å². The Morgan fingerprint density at radius 1 is 1.17 bits per heavy atom. The van der Waals surface area contributed by atoms with Crippen LogP contribution in [0, 0.1) is 0 Å². The maximum atomic E-state index is 12.2. The number of rotatable bonds is 3. The predicted octanol–water partition coefficient (Wildman–Crippen LogP) is 5.13. The number of aliphatic hydroxyl groups is 1. The van der Waals surface area contributed by atoms with E-state index in [1.54, 1.807) is 36.4 Å². The summed E-state index contributed by atoms with van der Waals surface area (Å²) in [5.74, 6) is 0. The van der Waals surface area contributed by atoms with Gasteiger partial charge in [0, 0.05) is 10.6 Å². The molecule has 2 aromatic rings. The van der Waals surface area contributed by atoms with Crippen LogP contribution in [0.3, 0.4) is 0 Å². The van der Waals surface area contributed by atoms with Crippen LogP contribution in [0.25, 0.3) is 6.08 Å². The quantitative estimate of drug-likeness (QED) is 0.592. The zero-order chi connectivity index (χ0) is 17.3. The van der Waals surface area contributed by atoms with Crippen molar-refractivity contribution in [3.05, 3.63) is 69.7 Å². The Hall–Kier alpha value is -1.72. The van der Waals surface area contributed by atoms with Gasteiger partial charge in [0.1, 0.15) is 11.8 Å². The van der Waals surface area contributed by atoms with Gasteiger partial charge in [-0.25, -0.2) is 0 Å². The minimum absolute atomic E-state index is 0.278. The molecule has 0 radical (unpaired) electrons. The van der Waals surface area contributed by atoms with Gasteiger partial charge in [-0.15, -0.1) is 0 Å². The zero-order valence-corrected chi connectivity index (χ0v) is 14.4. The van der Waals surface area contributed by atoms with Gasteiger partial charge in [-0.1, -0.05) is 59.6 Å². The van der Waals surface area contributed by atoms with Crippen molar-refractivity contribution in [3.63, 3.8) is 0 Å². The Bertz CT molecular complexity index is 867. The summed E-state index contributed by atoms with van der Waals surface area (Å²) in [6.45, 7) is 0. The number of nitrogens with zero attached hydrogens (tertiary/aromatic N) is 2. The lowest BCUT2D eigenvalue weighted by Gasteiger charge is -2.32. The lowest BCUT2D eigenvalue weighted by Crippen LogP contribution is -2.43. The molecule has 24 heavy (non-hydrogen) atoms. The number of fused-ring (bicyclic) bond motifs is 1. The average Bonchev–Trinajstić information content (AvgIpc) is 2.57. The molecule has 0 aromatic heterocycles. The number of aliphatic hydroxyl groups excluding tert-OH is 1. The van der Waals surface area contributed by atoms with Gasteiger partial charge >= 0.3 is 0 Å². The van der Waals surface area contributed by atoms with Gasteiger partial charge < -0.3 is 5.11 Å². The van der Waals surface area contributed by atoms with E-state index in [2.05, 4.69) is 10.2 Å². The molecule has 0 heterocycles. The molecular weight excluding hydrogens is 371 g/mol. The predicted molar refractivity (Wildman–Crippen MR) is 95.0 cm³/mol. The smallest absolute Gasteiger partial charge is 0.258 e. The molecule has 0 saturated heterocycles. The molecule has 2 aromatic carbocycles. The molecule has 3 rings (SSSR count). The largest absolute Gasteiger partial charge is 0.385 e. The van der Waals surface area contributed by atoms with Gasteiger partial charge in [0.15, 0.2) is 0 Å². The zero-order valence-electron chi connectivity index (χ0n) is 12.2. The number of benzene rings is 2. The van der Waals surface area contributed by atoms with Crippen molar-refractivity contribution < 1.29 is 9.90 Å². The number of halogens is 3. The van der Waals surface area contributed by atoms with E-state index in [0.29, 0.717) is 15.6 Å². The summed E-state index contributed by atoms with van der Waals surface area (Å²) in [5.41, 5.74) is -0.256. The summed E-state index contributed by atoms with van der Waals surface area (Å²) in [6, 6.07) is 11.7. The highest BCUT2D eigenvalue weighted by Gasteiger charge is 2.48. The van der Waals surface area contributed by atoms with Crippen molar-refractivity contribution in [1.82, 2.24) is 0 Å². The molecule has 0 spiro atoms. The summed E-state index contributed by atoms with van der Waals surface area (Å²) in [4.78, 5) is 12.2. The van der Waals surface area contributed by atoms with Crippen molar-refractivity contribution in [2.24, 2.45) is 10.2 Å². The third kappa shape index (κ3) is 2.87. The minimum atomic E-state index is -1.74. The summed E-state index contributed by atoms with van der Waals surface area (Å²) in [5, 5.41) is 18.5. The highest BCUT2D eigenvalue weighted by Crippen LogP contribution is 2.41. The molecule has 0 fully saturated rings. The summed E-state index contributed by atoms with van der Waals surface area (Å²) in [6.07, 6.45) is 1.92. The van der Waals surface area contributed by atoms with Gasteiger partial charge in [0.2, 0.25) is 5.54 Å². The summed E-state index contributed by atoms with van der Waals surface area (Å²) >= 11 is 17.8. The van der Waals surface area contributed by atoms with Crippen molar-refractivity contribution >= 4 is 51.8 Å². The van der Waals surface area contributed by atoms with Crippen molar-refractivity contribution in [3.8, 4) is 0 Å². The van der Waals surface area contributed by atoms with Gasteiger partial charge in [-0.2, -0.15) is 10.2 Å². The second kappa shape index (κ2) is 6.65. The van der Waals surface area contributed by atoms with E-state index in [4.69, 9.17) is 34.8 Å². The van der Waals surface area contributed by atoms with Crippen LogP contribution >= 0.6 is 34.8 Å². The maximum absolute atomic E-state index is 12.2. The van der Waals surface area contributed by atoms with Crippen LogP contribution in [0.15, 0.2) is 58.8 Å². The van der Waals surface area contributed by atoms with E-state index in [1.807, 2.05) is 6.07 Å². The molecule has 1 aliphatic carbocycles. The van der Waals surface area contributed by atoms with Crippen molar-refractivity contribution in [1.29, 1.82) is 0 Å². The number of carbonyl (C=O) groups is 1. The monoisotopic (exact) mass is 380 g/mol. The van der Waals surface area contributed by atoms with E-state index >= 15 is 0 Å². The first kappa shape index (κ1) is 17.1. The van der Waals surface area contributed by atoms with E-state index < -0.39 is 16.9 Å². The van der Waals surface area contributed by atoms with Gasteiger partial charge in [-0.05, 0) is 35.4 Å². The molecular formula is C17H11Cl3N2O2. The van der Waals surface area contributed by atoms with Crippen molar-refractivity contribution in [2.45, 2.75) is 11.6 Å². The van der Waals surface area contributed by atoms with E-state index in [1.165, 1.54) is 12.1 Å². The number of hydrogen-bond acceptors (Lipinski definition) is 4. The third-order valence-corrected chi connectivity index (χ3v) is 4.62. The molecule has 0 saturated carbocycles. The number of carbonyl (C=O) groups excluding carboxylic acids is 1. The molecule has 1 aliphatic rings. The first-order valence-electron chi connectivity index (χ1n) is 6.99. The van der Waals surface area contributed by atoms with Crippen LogP contribution in [0.4, 0.5) is 5.69 Å². The fourth-order valence-corrected chi connectivity index (χ4v) is 3.13. The Labute approximate surface area is 153 Å². The van der Waals surface area contributed by atoms with E-state index in [-0.39, 0.29) is 5.69 Å². The molecule has 0 amide bonds. The first-order valence-corrected chi connectivity index (χ1v) is 8.12. The Kier molecular flexibility index (Phi) is 4.74. The Balaban J connectivity index is 2.16. The number of hydrogen-bond donors (Lipinski definition) is 1. The molecule has 7 heteroatoms. The fraction of sp³-hybridized carbons (Fsp3) is 0.118. The molecule has 0 aliphatic heterocycles. The van der Waals surface area contributed by atoms with Crippen LogP contribution in [-0.2, 0) is 10.3 Å². The normalized spacial score (nSPS) is 22.6. The van der Waals surface area contributed by atoms with Gasteiger partial charge in [0.25, 0.3) is 5.24 Å². The van der Waals surface area contributed by atoms with Crippen molar-refractivity contribution in [2.75, 3.05) is 0 Å². The van der Waals surface area contributed by atoms with Crippen LogP contribution in [-0.4, -0.2) is 16.5 Å². The van der Waals surface area contributed by atoms with Crippen LogP contribution in [0.2, 0.25) is 10.0 Å². The van der Waals surface area contributed by atoms with E-state index in [0.717, 1.165) is 5.56 Å². The molecule has 4 nitrogen and oxygen atoms in total. The lowest BCUT2D eigenvalue weighted by molar-refractivity contribution is -0.119. The molecule has 0 bridgehead atoms. The van der Waals surface area contributed by atoms with E-state index in [9.17, 15) is 9.90 Å². The maximum Gasteiger partial charge on any atom is 0.258 e.